The van der Waals surface area contributed by atoms with E-state index in [9.17, 15) is 15.3 Å². The van der Waals surface area contributed by atoms with Crippen molar-refractivity contribution in [3.05, 3.63) is 48.0 Å². The molecule has 1 saturated heterocycles. The molecule has 2 aliphatic rings. The number of imidazole rings is 1. The Labute approximate surface area is 160 Å². The zero-order chi connectivity index (χ0) is 19.3. The summed E-state index contributed by atoms with van der Waals surface area (Å²) in [6.45, 7) is -0.385. The summed E-state index contributed by atoms with van der Waals surface area (Å²) >= 11 is 0. The van der Waals surface area contributed by atoms with Crippen LogP contribution in [0.15, 0.2) is 36.9 Å². The maximum absolute atomic E-state index is 10.3. The third kappa shape index (κ3) is 2.67. The number of nitrogens with one attached hydrogen (secondary N) is 1. The summed E-state index contributed by atoms with van der Waals surface area (Å²) < 4.78 is 7.16. The van der Waals surface area contributed by atoms with E-state index in [1.54, 1.807) is 4.57 Å². The summed E-state index contributed by atoms with van der Waals surface area (Å²) in [5, 5.41) is 33.1. The predicted molar refractivity (Wildman–Crippen MR) is 99.5 cm³/mol. The van der Waals surface area contributed by atoms with Crippen molar-refractivity contribution in [3.63, 3.8) is 0 Å². The normalized spacial score (nSPS) is 29.3. The van der Waals surface area contributed by atoms with Gasteiger partial charge in [-0.15, -0.1) is 0 Å². The van der Waals surface area contributed by atoms with Crippen molar-refractivity contribution in [1.82, 2.24) is 19.5 Å². The highest BCUT2D eigenvalue weighted by Gasteiger charge is 2.44. The number of fused-ring (bicyclic) bond motifs is 2. The molecule has 1 aromatic carbocycles. The van der Waals surface area contributed by atoms with Crippen LogP contribution in [0.25, 0.3) is 11.2 Å². The van der Waals surface area contributed by atoms with Gasteiger partial charge >= 0.3 is 0 Å². The Morgan fingerprint density at radius 3 is 2.82 bits per heavy atom. The summed E-state index contributed by atoms with van der Waals surface area (Å²) in [7, 11) is 0. The fourth-order valence-corrected chi connectivity index (χ4v) is 4.13. The Morgan fingerprint density at radius 2 is 2.00 bits per heavy atom. The molecule has 3 heterocycles. The largest absolute Gasteiger partial charge is 0.394 e. The second-order valence-corrected chi connectivity index (χ2v) is 7.21. The van der Waals surface area contributed by atoms with Gasteiger partial charge in [0.05, 0.1) is 19.0 Å². The number of aliphatic hydroxyl groups excluding tert-OH is 3. The third-order valence-electron chi connectivity index (χ3n) is 5.59. The Hall–Kier alpha value is -2.59. The number of anilines is 1. The van der Waals surface area contributed by atoms with Crippen molar-refractivity contribution in [3.8, 4) is 0 Å². The lowest BCUT2D eigenvalue weighted by Gasteiger charge is -2.17. The minimum Gasteiger partial charge on any atom is -0.394 e. The zero-order valence-corrected chi connectivity index (χ0v) is 15.0. The summed E-state index contributed by atoms with van der Waals surface area (Å²) in [6, 6.07) is 8.49. The maximum atomic E-state index is 10.3. The monoisotopic (exact) mass is 383 g/mol. The highest BCUT2D eigenvalue weighted by atomic mass is 16.6. The lowest BCUT2D eigenvalue weighted by Crippen LogP contribution is -2.33. The standard InChI is InChI=1S/C19H21N5O4/c25-7-13-15(26)16(27)19(28-13)24-9-22-14-17(20-8-21-18(14)24)23-12-6-5-10-3-1-2-4-11(10)12/h1-4,8-9,12-13,15-16,19,25-27H,5-7H2,(H,20,21,23)/t12-,13+,15?,16?,19+/m0/s1. The second-order valence-electron chi connectivity index (χ2n) is 7.21. The van der Waals surface area contributed by atoms with E-state index in [-0.39, 0.29) is 12.6 Å². The number of aromatic nitrogens is 4. The molecular formula is C19H21N5O4. The molecule has 28 heavy (non-hydrogen) atoms. The maximum Gasteiger partial charge on any atom is 0.167 e. The Bertz CT molecular complexity index is 1010. The molecule has 3 aromatic rings. The van der Waals surface area contributed by atoms with E-state index in [0.717, 1.165) is 12.8 Å². The van der Waals surface area contributed by atoms with E-state index in [1.165, 1.54) is 23.8 Å². The summed E-state index contributed by atoms with van der Waals surface area (Å²) in [4.78, 5) is 13.1. The van der Waals surface area contributed by atoms with Gasteiger partial charge in [0, 0.05) is 0 Å². The van der Waals surface area contributed by atoms with Gasteiger partial charge in [-0.25, -0.2) is 15.0 Å². The van der Waals surface area contributed by atoms with Crippen LogP contribution in [0.2, 0.25) is 0 Å². The fraction of sp³-hybridized carbons (Fsp3) is 0.421. The van der Waals surface area contributed by atoms with E-state index in [4.69, 9.17) is 4.74 Å². The number of nitrogens with zero attached hydrogens (tertiary/aromatic N) is 4. The van der Waals surface area contributed by atoms with Gasteiger partial charge in [-0.1, -0.05) is 24.3 Å². The van der Waals surface area contributed by atoms with Crippen LogP contribution in [0.3, 0.4) is 0 Å². The molecule has 1 fully saturated rings. The number of aryl methyl sites for hydroxylation is 1. The molecule has 9 nitrogen and oxygen atoms in total. The Kier molecular flexibility index (Phi) is 4.24. The SMILES string of the molecule is OC[C@H]1O[C@@H](n2cnc3c(N[C@H]4CCc5ccccc54)ncnc32)C(O)C1O. The van der Waals surface area contributed by atoms with Gasteiger partial charge in [0.15, 0.2) is 23.2 Å². The number of benzene rings is 1. The first-order valence-corrected chi connectivity index (χ1v) is 9.31. The lowest BCUT2D eigenvalue weighted by molar-refractivity contribution is -0.0511. The zero-order valence-electron chi connectivity index (χ0n) is 15.0. The third-order valence-corrected chi connectivity index (χ3v) is 5.59. The molecule has 2 aromatic heterocycles. The number of rotatable bonds is 4. The minimum atomic E-state index is -1.19. The average molecular weight is 383 g/mol. The minimum absolute atomic E-state index is 0.147. The van der Waals surface area contributed by atoms with E-state index in [2.05, 4.69) is 32.4 Å². The van der Waals surface area contributed by atoms with Crippen molar-refractivity contribution < 1.29 is 20.1 Å². The van der Waals surface area contributed by atoms with Crippen LogP contribution < -0.4 is 5.32 Å². The first-order chi connectivity index (χ1) is 13.7. The second kappa shape index (κ2) is 6.78. The van der Waals surface area contributed by atoms with Gasteiger partial charge in [-0.3, -0.25) is 4.57 Å². The number of hydrogen-bond donors (Lipinski definition) is 4. The van der Waals surface area contributed by atoms with Crippen LogP contribution in [0, 0.1) is 0 Å². The molecule has 1 aliphatic heterocycles. The van der Waals surface area contributed by atoms with Crippen molar-refractivity contribution in [2.45, 2.75) is 43.4 Å². The van der Waals surface area contributed by atoms with E-state index < -0.39 is 24.5 Å². The van der Waals surface area contributed by atoms with E-state index in [1.807, 2.05) is 12.1 Å². The first kappa shape index (κ1) is 17.5. The molecule has 146 valence electrons. The molecule has 2 unspecified atom stereocenters. The molecule has 0 bridgehead atoms. The quantitative estimate of drug-likeness (QED) is 0.514. The molecule has 0 amide bonds. The highest BCUT2D eigenvalue weighted by molar-refractivity contribution is 5.83. The van der Waals surface area contributed by atoms with Crippen LogP contribution >= 0.6 is 0 Å². The van der Waals surface area contributed by atoms with Gasteiger partial charge < -0.3 is 25.4 Å². The molecule has 5 atom stereocenters. The molecule has 5 rings (SSSR count). The van der Waals surface area contributed by atoms with Crippen LogP contribution in [0.4, 0.5) is 5.82 Å². The summed E-state index contributed by atoms with van der Waals surface area (Å²) in [6.07, 6.45) is 0.821. The molecular weight excluding hydrogens is 362 g/mol. The van der Waals surface area contributed by atoms with Gasteiger partial charge in [0.25, 0.3) is 0 Å². The number of hydrogen-bond acceptors (Lipinski definition) is 8. The van der Waals surface area contributed by atoms with Gasteiger partial charge in [0.1, 0.15) is 24.6 Å². The molecule has 1 aliphatic carbocycles. The fourth-order valence-electron chi connectivity index (χ4n) is 4.13. The van der Waals surface area contributed by atoms with Crippen molar-refractivity contribution >= 4 is 17.0 Å². The summed E-state index contributed by atoms with van der Waals surface area (Å²) in [5.41, 5.74) is 3.64. The molecule has 4 N–H and O–H groups in total. The smallest absolute Gasteiger partial charge is 0.167 e. The van der Waals surface area contributed by atoms with Crippen molar-refractivity contribution in [2.24, 2.45) is 0 Å². The topological polar surface area (TPSA) is 126 Å². The van der Waals surface area contributed by atoms with Crippen LogP contribution in [0.5, 0.6) is 0 Å². The van der Waals surface area contributed by atoms with Crippen molar-refractivity contribution in [1.29, 1.82) is 0 Å². The summed E-state index contributed by atoms with van der Waals surface area (Å²) in [5.74, 6) is 0.609. The molecule has 0 radical (unpaired) electrons. The van der Waals surface area contributed by atoms with Gasteiger partial charge in [0.2, 0.25) is 0 Å². The van der Waals surface area contributed by atoms with Crippen LogP contribution in [-0.4, -0.2) is 59.8 Å². The first-order valence-electron chi connectivity index (χ1n) is 9.31. The lowest BCUT2D eigenvalue weighted by atomic mass is 10.1. The van der Waals surface area contributed by atoms with E-state index in [0.29, 0.717) is 17.0 Å². The molecule has 0 spiro atoms. The van der Waals surface area contributed by atoms with Crippen molar-refractivity contribution in [2.75, 3.05) is 11.9 Å². The molecule has 0 saturated carbocycles. The van der Waals surface area contributed by atoms with Crippen LogP contribution in [-0.2, 0) is 11.2 Å². The predicted octanol–water partition coefficient (Wildman–Crippen LogP) is 0.537. The molecule has 9 heteroatoms. The number of ether oxygens (including phenoxy) is 1. The van der Waals surface area contributed by atoms with Crippen LogP contribution in [0.1, 0.15) is 29.8 Å². The Balaban J connectivity index is 1.47. The van der Waals surface area contributed by atoms with Gasteiger partial charge in [-0.05, 0) is 24.0 Å². The Morgan fingerprint density at radius 1 is 1.14 bits per heavy atom. The highest BCUT2D eigenvalue weighted by Crippen LogP contribution is 2.36. The van der Waals surface area contributed by atoms with Gasteiger partial charge in [-0.2, -0.15) is 0 Å². The average Bonchev–Trinajstić information content (AvgIpc) is 3.40. The number of aliphatic hydroxyl groups is 3. The van der Waals surface area contributed by atoms with E-state index >= 15 is 0 Å².